The van der Waals surface area contributed by atoms with Crippen molar-refractivity contribution in [1.29, 1.82) is 0 Å². The Balaban J connectivity index is 1.45. The largest absolute Gasteiger partial charge is 0.433 e. The third-order valence-corrected chi connectivity index (χ3v) is 7.13. The molecule has 1 aliphatic carbocycles. The number of ketones is 1. The molecular formula is C27H23F4NO3. The number of nitrogens with zero attached hydrogens (tertiary/aromatic N) is 1. The van der Waals surface area contributed by atoms with Crippen LogP contribution in [0.15, 0.2) is 60.8 Å². The number of ether oxygens (including phenoxy) is 1. The van der Waals surface area contributed by atoms with Gasteiger partial charge in [-0.2, -0.15) is 13.2 Å². The fraction of sp³-hybridized carbons (Fsp3) is 0.333. The van der Waals surface area contributed by atoms with E-state index in [1.54, 1.807) is 36.4 Å². The highest BCUT2D eigenvalue weighted by Crippen LogP contribution is 2.46. The minimum absolute atomic E-state index is 0.0521. The fourth-order valence-electron chi connectivity index (χ4n) is 4.73. The summed E-state index contributed by atoms with van der Waals surface area (Å²) >= 11 is 0. The van der Waals surface area contributed by atoms with Gasteiger partial charge in [0.2, 0.25) is 0 Å². The number of halogens is 4. The average Bonchev–Trinajstić information content (AvgIpc) is 2.78. The topological polar surface area (TPSA) is 59.4 Å². The van der Waals surface area contributed by atoms with E-state index in [0.29, 0.717) is 29.5 Å². The lowest BCUT2D eigenvalue weighted by atomic mass is 9.72. The van der Waals surface area contributed by atoms with E-state index in [1.165, 1.54) is 12.1 Å². The smallest absolute Gasteiger partial charge is 0.385 e. The Morgan fingerprint density at radius 1 is 1.03 bits per heavy atom. The summed E-state index contributed by atoms with van der Waals surface area (Å²) in [5.74, 6) is -0.425. The zero-order valence-corrected chi connectivity index (χ0v) is 18.7. The maximum absolute atomic E-state index is 13.3. The Bertz CT molecular complexity index is 1240. The lowest BCUT2D eigenvalue weighted by molar-refractivity contribution is -0.142. The molecule has 1 aliphatic heterocycles. The molecule has 5 rings (SSSR count). The summed E-state index contributed by atoms with van der Waals surface area (Å²) in [4.78, 5) is 16.8. The number of Topliss-reactive ketones (excluding diaryl/α,β-unsaturated/α-hetero) is 1. The third-order valence-electron chi connectivity index (χ3n) is 7.13. The molecule has 0 unspecified atom stereocenters. The predicted octanol–water partition coefficient (Wildman–Crippen LogP) is 5.36. The highest BCUT2D eigenvalue weighted by molar-refractivity contribution is 5.93. The van der Waals surface area contributed by atoms with Crippen LogP contribution in [0, 0.1) is 5.82 Å². The van der Waals surface area contributed by atoms with Crippen molar-refractivity contribution in [2.24, 2.45) is 0 Å². The van der Waals surface area contributed by atoms with E-state index in [1.807, 2.05) is 0 Å². The fourth-order valence-corrected chi connectivity index (χ4v) is 4.73. The quantitative estimate of drug-likeness (QED) is 0.478. The van der Waals surface area contributed by atoms with Crippen LogP contribution in [0.5, 0.6) is 0 Å². The van der Waals surface area contributed by atoms with Crippen molar-refractivity contribution in [3.05, 3.63) is 89.0 Å². The number of carbonyl (C=O) groups excluding carboxylic acids is 1. The molecule has 0 bridgehead atoms. The molecule has 35 heavy (non-hydrogen) atoms. The van der Waals surface area contributed by atoms with Gasteiger partial charge in [0.15, 0.2) is 5.78 Å². The molecule has 1 aromatic heterocycles. The molecule has 4 nitrogen and oxygen atoms in total. The van der Waals surface area contributed by atoms with Gasteiger partial charge in [-0.15, -0.1) is 0 Å². The number of hydrogen-bond donors (Lipinski definition) is 1. The van der Waals surface area contributed by atoms with Gasteiger partial charge in [-0.25, -0.2) is 4.39 Å². The molecule has 2 fully saturated rings. The second-order valence-corrected chi connectivity index (χ2v) is 9.38. The zero-order valence-electron chi connectivity index (χ0n) is 18.7. The Kier molecular flexibility index (Phi) is 5.76. The monoisotopic (exact) mass is 485 g/mol. The van der Waals surface area contributed by atoms with Crippen LogP contribution in [-0.2, 0) is 33.1 Å². The standard InChI is InChI=1S/C27H23F4NO3/c28-20-8-2-17(3-9-20)12-24(33)25(15-35-16-25)19-6-4-18(5-7-19)21-14-32-23(27(29,30)31)13-22(21)26(34)10-1-11-26/h2-9,13-14,34H,1,10-12,15-16H2. The van der Waals surface area contributed by atoms with E-state index in [9.17, 15) is 27.5 Å². The molecule has 0 amide bonds. The average molecular weight is 485 g/mol. The van der Waals surface area contributed by atoms with Gasteiger partial charge in [-0.3, -0.25) is 9.78 Å². The van der Waals surface area contributed by atoms with Crippen molar-refractivity contribution in [1.82, 2.24) is 4.98 Å². The van der Waals surface area contributed by atoms with Crippen LogP contribution in [0.25, 0.3) is 11.1 Å². The molecule has 1 saturated carbocycles. The molecular weight excluding hydrogens is 462 g/mol. The number of aliphatic hydroxyl groups is 1. The molecule has 3 aromatic rings. The van der Waals surface area contributed by atoms with Gasteiger partial charge in [-0.05, 0) is 59.7 Å². The van der Waals surface area contributed by atoms with Gasteiger partial charge in [-0.1, -0.05) is 36.4 Å². The minimum Gasteiger partial charge on any atom is -0.385 e. The Hall–Kier alpha value is -3.10. The third kappa shape index (κ3) is 4.25. The molecule has 2 aliphatic rings. The minimum atomic E-state index is -4.61. The molecule has 0 spiro atoms. The van der Waals surface area contributed by atoms with Crippen molar-refractivity contribution in [2.75, 3.05) is 13.2 Å². The molecule has 8 heteroatoms. The summed E-state index contributed by atoms with van der Waals surface area (Å²) in [6.45, 7) is 0.443. The van der Waals surface area contributed by atoms with E-state index in [0.717, 1.165) is 24.2 Å². The first kappa shape index (κ1) is 23.6. The van der Waals surface area contributed by atoms with E-state index in [-0.39, 0.29) is 36.8 Å². The molecule has 182 valence electrons. The van der Waals surface area contributed by atoms with Crippen molar-refractivity contribution in [2.45, 2.75) is 42.9 Å². The molecule has 0 radical (unpaired) electrons. The van der Waals surface area contributed by atoms with E-state index >= 15 is 0 Å². The summed E-state index contributed by atoms with van der Waals surface area (Å²) in [6.07, 6.45) is -1.82. The van der Waals surface area contributed by atoms with Crippen LogP contribution in [0.4, 0.5) is 17.6 Å². The SMILES string of the molecule is O=C(Cc1ccc(F)cc1)C1(c2ccc(-c3cnc(C(F)(F)F)cc3C3(O)CCC3)cc2)COC1. The molecule has 1 N–H and O–H groups in total. The predicted molar refractivity (Wildman–Crippen MR) is 120 cm³/mol. The molecule has 1 saturated heterocycles. The van der Waals surface area contributed by atoms with Gasteiger partial charge in [0, 0.05) is 18.2 Å². The molecule has 0 atom stereocenters. The lowest BCUT2D eigenvalue weighted by Gasteiger charge is -2.41. The number of rotatable bonds is 6. The van der Waals surface area contributed by atoms with Crippen molar-refractivity contribution in [3.63, 3.8) is 0 Å². The van der Waals surface area contributed by atoms with E-state index < -0.39 is 22.9 Å². The summed E-state index contributed by atoms with van der Waals surface area (Å²) in [5.41, 5.74) is -0.490. The lowest BCUT2D eigenvalue weighted by Crippen LogP contribution is -2.53. The number of alkyl halides is 3. The highest BCUT2D eigenvalue weighted by Gasteiger charge is 2.47. The number of carbonyl (C=O) groups is 1. The van der Waals surface area contributed by atoms with Crippen molar-refractivity contribution < 1.29 is 32.2 Å². The van der Waals surface area contributed by atoms with Gasteiger partial charge >= 0.3 is 6.18 Å². The Labute approximate surface area is 199 Å². The maximum Gasteiger partial charge on any atom is 0.433 e. The van der Waals surface area contributed by atoms with Gasteiger partial charge in [0.1, 0.15) is 16.9 Å². The van der Waals surface area contributed by atoms with Crippen molar-refractivity contribution in [3.8, 4) is 11.1 Å². The summed E-state index contributed by atoms with van der Waals surface area (Å²) in [7, 11) is 0. The second-order valence-electron chi connectivity index (χ2n) is 9.38. The van der Waals surface area contributed by atoms with Crippen LogP contribution < -0.4 is 0 Å². The van der Waals surface area contributed by atoms with Gasteiger partial charge in [0.25, 0.3) is 0 Å². The normalized spacial score (nSPS) is 18.4. The summed E-state index contributed by atoms with van der Waals surface area (Å²) in [5, 5.41) is 10.9. The number of hydrogen-bond acceptors (Lipinski definition) is 4. The number of aromatic nitrogens is 1. The summed E-state index contributed by atoms with van der Waals surface area (Å²) in [6, 6.07) is 13.7. The van der Waals surface area contributed by atoms with Crippen LogP contribution >= 0.6 is 0 Å². The zero-order chi connectivity index (χ0) is 24.8. The van der Waals surface area contributed by atoms with Crippen LogP contribution in [0.2, 0.25) is 0 Å². The van der Waals surface area contributed by atoms with Crippen LogP contribution in [0.3, 0.4) is 0 Å². The van der Waals surface area contributed by atoms with E-state index in [4.69, 9.17) is 4.74 Å². The maximum atomic E-state index is 13.3. The van der Waals surface area contributed by atoms with Crippen molar-refractivity contribution >= 4 is 5.78 Å². The number of benzene rings is 2. The van der Waals surface area contributed by atoms with Crippen LogP contribution in [0.1, 0.15) is 41.6 Å². The Morgan fingerprint density at radius 3 is 2.20 bits per heavy atom. The molecule has 2 aromatic carbocycles. The summed E-state index contributed by atoms with van der Waals surface area (Å²) < 4.78 is 58.5. The first-order valence-corrected chi connectivity index (χ1v) is 11.4. The van der Waals surface area contributed by atoms with Crippen LogP contribution in [-0.4, -0.2) is 29.1 Å². The molecule has 2 heterocycles. The Morgan fingerprint density at radius 2 is 1.69 bits per heavy atom. The van der Waals surface area contributed by atoms with E-state index in [2.05, 4.69) is 4.98 Å². The second kappa shape index (κ2) is 8.53. The first-order chi connectivity index (χ1) is 16.6. The highest BCUT2D eigenvalue weighted by atomic mass is 19.4. The number of pyridine rings is 1. The van der Waals surface area contributed by atoms with Gasteiger partial charge in [0.05, 0.1) is 18.8 Å². The van der Waals surface area contributed by atoms with Gasteiger partial charge < -0.3 is 9.84 Å². The first-order valence-electron chi connectivity index (χ1n) is 11.4.